The molecular weight excluding hydrogens is 240 g/mol. The number of aliphatic carboxylic acids is 1. The zero-order valence-electron chi connectivity index (χ0n) is 9.35. The van der Waals surface area contributed by atoms with E-state index >= 15 is 0 Å². The van der Waals surface area contributed by atoms with E-state index in [9.17, 15) is 9.90 Å². The Bertz CT molecular complexity index is 376. The van der Waals surface area contributed by atoms with E-state index in [1.54, 1.807) is 0 Å². The molecule has 1 atom stereocenters. The van der Waals surface area contributed by atoms with Crippen LogP contribution in [0.15, 0.2) is 16.8 Å². The molecule has 2 rings (SSSR count). The highest BCUT2D eigenvalue weighted by Gasteiger charge is 2.38. The van der Waals surface area contributed by atoms with E-state index in [0.29, 0.717) is 19.6 Å². The molecule has 6 heteroatoms. The van der Waals surface area contributed by atoms with E-state index in [1.807, 2.05) is 16.8 Å². The fourth-order valence-electron chi connectivity index (χ4n) is 1.92. The lowest BCUT2D eigenvalue weighted by Crippen LogP contribution is -2.68. The summed E-state index contributed by atoms with van der Waals surface area (Å²) in [4.78, 5) is 10.8. The number of hydrogen-bond donors (Lipinski definition) is 4. The lowest BCUT2D eigenvalue weighted by Gasteiger charge is -2.43. The Balaban J connectivity index is 1.86. The third-order valence-corrected chi connectivity index (χ3v) is 3.72. The van der Waals surface area contributed by atoms with Gasteiger partial charge < -0.3 is 20.8 Å². The van der Waals surface area contributed by atoms with Crippen molar-refractivity contribution in [3.05, 3.63) is 22.4 Å². The van der Waals surface area contributed by atoms with Crippen molar-refractivity contribution in [2.75, 3.05) is 19.6 Å². The van der Waals surface area contributed by atoms with Gasteiger partial charge in [0.25, 0.3) is 0 Å². The number of rotatable bonds is 6. The Morgan fingerprint density at radius 1 is 1.65 bits per heavy atom. The second-order valence-electron chi connectivity index (χ2n) is 4.41. The molecule has 0 saturated carbocycles. The number of carbonyl (C=O) groups is 1. The second kappa shape index (κ2) is 5.14. The monoisotopic (exact) mass is 256 g/mol. The van der Waals surface area contributed by atoms with Gasteiger partial charge in [0.15, 0.2) is 0 Å². The minimum absolute atomic E-state index is 0.0797. The average molecular weight is 256 g/mol. The number of aliphatic hydroxyl groups is 1. The lowest BCUT2D eigenvalue weighted by molar-refractivity contribution is -0.139. The molecule has 94 valence electrons. The molecule has 1 aromatic rings. The molecule has 2 heterocycles. The van der Waals surface area contributed by atoms with Crippen molar-refractivity contribution in [3.8, 4) is 0 Å². The number of hydrogen-bond acceptors (Lipinski definition) is 5. The predicted molar refractivity (Wildman–Crippen MR) is 65.1 cm³/mol. The number of carboxylic acids is 1. The van der Waals surface area contributed by atoms with Crippen LogP contribution in [-0.4, -0.2) is 41.4 Å². The molecular formula is C11H16N2O3S. The molecule has 4 N–H and O–H groups in total. The van der Waals surface area contributed by atoms with Gasteiger partial charge in [0.05, 0.1) is 18.1 Å². The second-order valence-corrected chi connectivity index (χ2v) is 5.19. The molecule has 1 fully saturated rings. The van der Waals surface area contributed by atoms with Gasteiger partial charge in [0.1, 0.15) is 0 Å². The summed E-state index contributed by atoms with van der Waals surface area (Å²) in [7, 11) is 0. The van der Waals surface area contributed by atoms with Crippen molar-refractivity contribution >= 4 is 17.3 Å². The molecule has 1 saturated heterocycles. The van der Waals surface area contributed by atoms with Crippen molar-refractivity contribution < 1.29 is 15.0 Å². The third-order valence-electron chi connectivity index (χ3n) is 3.01. The third kappa shape index (κ3) is 3.04. The van der Waals surface area contributed by atoms with Crippen LogP contribution in [-0.2, 0) is 4.79 Å². The number of thiophene rings is 1. The first-order valence-electron chi connectivity index (χ1n) is 5.49. The summed E-state index contributed by atoms with van der Waals surface area (Å²) in [5.74, 6) is -0.816. The van der Waals surface area contributed by atoms with Gasteiger partial charge in [-0.05, 0) is 22.4 Å². The highest BCUT2D eigenvalue weighted by Crippen LogP contribution is 2.19. The maximum Gasteiger partial charge on any atom is 0.305 e. The van der Waals surface area contributed by atoms with Crippen molar-refractivity contribution in [1.29, 1.82) is 0 Å². The van der Waals surface area contributed by atoms with Crippen LogP contribution in [0.4, 0.5) is 0 Å². The Morgan fingerprint density at radius 2 is 2.41 bits per heavy atom. The molecule has 0 spiro atoms. The first-order chi connectivity index (χ1) is 8.11. The predicted octanol–water partition coefficient (Wildman–Crippen LogP) is 0.188. The Labute approximate surface area is 103 Å². The molecule has 0 aliphatic carbocycles. The minimum atomic E-state index is -0.816. The van der Waals surface area contributed by atoms with Gasteiger partial charge in [-0.1, -0.05) is 0 Å². The summed E-state index contributed by atoms with van der Waals surface area (Å²) >= 11 is 1.54. The first kappa shape index (κ1) is 12.5. The van der Waals surface area contributed by atoms with E-state index in [1.165, 1.54) is 11.3 Å². The quantitative estimate of drug-likeness (QED) is 0.584. The van der Waals surface area contributed by atoms with Crippen molar-refractivity contribution in [2.45, 2.75) is 18.1 Å². The number of β-amino-alcohol motifs (C(OH)–C–C–N with tert-alkyl or cyclic N) is 1. The number of carboxylic acid groups (broad SMARTS) is 1. The highest BCUT2D eigenvalue weighted by atomic mass is 32.1. The summed E-state index contributed by atoms with van der Waals surface area (Å²) in [6, 6.07) is 1.87. The summed E-state index contributed by atoms with van der Waals surface area (Å²) in [5, 5.41) is 28.8. The Kier molecular flexibility index (Phi) is 3.78. The topological polar surface area (TPSA) is 81.6 Å². The van der Waals surface area contributed by atoms with E-state index in [0.717, 1.165) is 5.56 Å². The number of nitrogens with one attached hydrogen (secondary N) is 2. The van der Waals surface area contributed by atoms with Gasteiger partial charge in [-0.3, -0.25) is 4.79 Å². The van der Waals surface area contributed by atoms with Crippen LogP contribution in [0.25, 0.3) is 0 Å². The molecule has 1 aliphatic heterocycles. The molecule has 0 radical (unpaired) electrons. The van der Waals surface area contributed by atoms with Gasteiger partial charge in [0, 0.05) is 19.6 Å². The molecule has 0 bridgehead atoms. The minimum Gasteiger partial charge on any atom is -0.481 e. The Hall–Kier alpha value is -0.950. The normalized spacial score (nSPS) is 19.6. The van der Waals surface area contributed by atoms with Gasteiger partial charge in [-0.2, -0.15) is 11.3 Å². The van der Waals surface area contributed by atoms with Crippen LogP contribution in [0.2, 0.25) is 0 Å². The van der Waals surface area contributed by atoms with Gasteiger partial charge in [-0.25, -0.2) is 0 Å². The molecule has 0 aromatic carbocycles. The zero-order valence-corrected chi connectivity index (χ0v) is 10.2. The summed E-state index contributed by atoms with van der Waals surface area (Å²) in [6.45, 7) is 1.65. The SMILES string of the molecule is O=C(O)CC1(NCC(O)c2ccsc2)CNC1. The molecule has 5 nitrogen and oxygen atoms in total. The molecule has 1 unspecified atom stereocenters. The Morgan fingerprint density at radius 3 is 2.88 bits per heavy atom. The standard InChI is InChI=1S/C11H16N2O3S/c14-9(8-1-2-17-5-8)4-13-11(3-10(15)16)6-12-7-11/h1-2,5,9,12-14H,3-4,6-7H2,(H,15,16). The maximum atomic E-state index is 10.8. The average Bonchev–Trinajstić information content (AvgIpc) is 2.74. The fraction of sp³-hybridized carbons (Fsp3) is 0.545. The van der Waals surface area contributed by atoms with E-state index in [-0.39, 0.29) is 6.42 Å². The van der Waals surface area contributed by atoms with Crippen molar-refractivity contribution in [2.24, 2.45) is 0 Å². The van der Waals surface area contributed by atoms with Crippen LogP contribution in [0.1, 0.15) is 18.1 Å². The largest absolute Gasteiger partial charge is 0.481 e. The van der Waals surface area contributed by atoms with Gasteiger partial charge in [0.2, 0.25) is 0 Å². The fourth-order valence-corrected chi connectivity index (χ4v) is 2.63. The van der Waals surface area contributed by atoms with E-state index in [2.05, 4.69) is 10.6 Å². The van der Waals surface area contributed by atoms with Crippen molar-refractivity contribution in [3.63, 3.8) is 0 Å². The van der Waals surface area contributed by atoms with Crippen LogP contribution >= 0.6 is 11.3 Å². The summed E-state index contributed by atoms with van der Waals surface area (Å²) in [6.07, 6.45) is -0.497. The van der Waals surface area contributed by atoms with Crippen LogP contribution in [0, 0.1) is 0 Å². The summed E-state index contributed by atoms with van der Waals surface area (Å²) < 4.78 is 0. The first-order valence-corrected chi connectivity index (χ1v) is 6.43. The van der Waals surface area contributed by atoms with Crippen LogP contribution in [0.5, 0.6) is 0 Å². The summed E-state index contributed by atoms with van der Waals surface area (Å²) in [5.41, 5.74) is 0.475. The van der Waals surface area contributed by atoms with Crippen LogP contribution < -0.4 is 10.6 Å². The van der Waals surface area contributed by atoms with E-state index in [4.69, 9.17) is 5.11 Å². The lowest BCUT2D eigenvalue weighted by atomic mass is 9.88. The molecule has 17 heavy (non-hydrogen) atoms. The van der Waals surface area contributed by atoms with E-state index < -0.39 is 17.6 Å². The van der Waals surface area contributed by atoms with Gasteiger partial charge in [-0.15, -0.1) is 0 Å². The molecule has 1 aliphatic rings. The van der Waals surface area contributed by atoms with Gasteiger partial charge >= 0.3 is 5.97 Å². The molecule has 1 aromatic heterocycles. The van der Waals surface area contributed by atoms with Crippen LogP contribution in [0.3, 0.4) is 0 Å². The number of aliphatic hydroxyl groups excluding tert-OH is 1. The smallest absolute Gasteiger partial charge is 0.305 e. The van der Waals surface area contributed by atoms with Crippen molar-refractivity contribution in [1.82, 2.24) is 10.6 Å². The highest BCUT2D eigenvalue weighted by molar-refractivity contribution is 7.07. The maximum absolute atomic E-state index is 10.8. The molecule has 0 amide bonds. The zero-order chi connectivity index (χ0) is 12.3.